The van der Waals surface area contributed by atoms with Crippen LogP contribution in [0.15, 0.2) is 40.6 Å². The van der Waals surface area contributed by atoms with Crippen molar-refractivity contribution in [3.63, 3.8) is 0 Å². The number of benzene rings is 1. The van der Waals surface area contributed by atoms with Crippen LogP contribution < -0.4 is 10.5 Å². The van der Waals surface area contributed by atoms with E-state index in [9.17, 15) is 8.42 Å². The monoisotopic (exact) mass is 316 g/mol. The molecule has 0 unspecified atom stereocenters. The fourth-order valence-corrected chi connectivity index (χ4v) is 3.71. The molecular weight excluding hydrogens is 304 g/mol. The van der Waals surface area contributed by atoms with Crippen LogP contribution in [0, 0.1) is 0 Å². The van der Waals surface area contributed by atoms with Gasteiger partial charge >= 0.3 is 0 Å². The van der Waals surface area contributed by atoms with Crippen LogP contribution in [0.25, 0.3) is 0 Å². The molecule has 0 radical (unpaired) electrons. The van der Waals surface area contributed by atoms with E-state index in [1.54, 1.807) is 17.4 Å². The van der Waals surface area contributed by atoms with Gasteiger partial charge in [0.25, 0.3) is 0 Å². The Morgan fingerprint density at radius 1 is 1.32 bits per heavy atom. The van der Waals surface area contributed by atoms with E-state index in [1.165, 1.54) is 12.1 Å². The highest BCUT2D eigenvalue weighted by molar-refractivity contribution is 7.89. The summed E-state index contributed by atoms with van der Waals surface area (Å²) in [5.74, 6) is 0. The molecule has 7 heteroatoms. The summed E-state index contributed by atoms with van der Waals surface area (Å²) in [5.41, 5.74) is 5.85. The van der Waals surface area contributed by atoms with Gasteiger partial charge in [-0.2, -0.15) is 0 Å². The van der Waals surface area contributed by atoms with E-state index in [0.29, 0.717) is 18.0 Å². The van der Waals surface area contributed by atoms with Gasteiger partial charge in [-0.1, -0.05) is 17.7 Å². The summed E-state index contributed by atoms with van der Waals surface area (Å²) < 4.78 is 26.7. The first-order valence-electron chi connectivity index (χ1n) is 5.56. The molecule has 19 heavy (non-hydrogen) atoms. The minimum Gasteiger partial charge on any atom is -0.398 e. The largest absolute Gasteiger partial charge is 0.398 e. The molecule has 0 saturated heterocycles. The van der Waals surface area contributed by atoms with E-state index in [0.717, 1.165) is 4.88 Å². The van der Waals surface area contributed by atoms with E-state index in [4.69, 9.17) is 17.3 Å². The SMILES string of the molecule is Nc1ccc(Cl)cc1S(=O)(=O)NCCc1cccs1. The maximum absolute atomic E-state index is 12.1. The lowest BCUT2D eigenvalue weighted by Crippen LogP contribution is -2.26. The molecular formula is C12H13ClN2O2S2. The Kier molecular flexibility index (Phi) is 4.46. The lowest BCUT2D eigenvalue weighted by Gasteiger charge is -2.09. The molecule has 4 nitrogen and oxygen atoms in total. The van der Waals surface area contributed by atoms with Gasteiger partial charge in [0.15, 0.2) is 0 Å². The molecule has 3 N–H and O–H groups in total. The first-order valence-corrected chi connectivity index (χ1v) is 8.30. The van der Waals surface area contributed by atoms with Crippen molar-refractivity contribution in [2.45, 2.75) is 11.3 Å². The lowest BCUT2D eigenvalue weighted by molar-refractivity contribution is 0.582. The summed E-state index contributed by atoms with van der Waals surface area (Å²) in [5, 5.41) is 2.30. The smallest absolute Gasteiger partial charge is 0.242 e. The van der Waals surface area contributed by atoms with Gasteiger partial charge in [-0.15, -0.1) is 11.3 Å². The lowest BCUT2D eigenvalue weighted by atomic mass is 10.3. The second-order valence-corrected chi connectivity index (χ2v) is 7.11. The Hall–Kier alpha value is -1.08. The molecule has 102 valence electrons. The van der Waals surface area contributed by atoms with Crippen LogP contribution in [0.4, 0.5) is 5.69 Å². The van der Waals surface area contributed by atoms with Crippen LogP contribution in [-0.2, 0) is 16.4 Å². The van der Waals surface area contributed by atoms with Crippen LogP contribution in [0.5, 0.6) is 0 Å². The summed E-state index contributed by atoms with van der Waals surface area (Å²) in [6.45, 7) is 0.328. The Balaban J connectivity index is 2.07. The van der Waals surface area contributed by atoms with Crippen molar-refractivity contribution >= 4 is 38.6 Å². The molecule has 0 bridgehead atoms. The van der Waals surface area contributed by atoms with Crippen molar-refractivity contribution in [3.8, 4) is 0 Å². The van der Waals surface area contributed by atoms with Crippen LogP contribution in [-0.4, -0.2) is 15.0 Å². The zero-order chi connectivity index (χ0) is 13.9. The van der Waals surface area contributed by atoms with E-state index < -0.39 is 10.0 Å². The third kappa shape index (κ3) is 3.70. The summed E-state index contributed by atoms with van der Waals surface area (Å²) in [6.07, 6.45) is 0.650. The highest BCUT2D eigenvalue weighted by Gasteiger charge is 2.17. The van der Waals surface area contributed by atoms with E-state index in [2.05, 4.69) is 4.72 Å². The molecule has 1 heterocycles. The highest BCUT2D eigenvalue weighted by atomic mass is 35.5. The third-order valence-electron chi connectivity index (χ3n) is 2.51. The zero-order valence-corrected chi connectivity index (χ0v) is 12.4. The van der Waals surface area contributed by atoms with Gasteiger partial charge in [-0.25, -0.2) is 13.1 Å². The van der Waals surface area contributed by atoms with Crippen LogP contribution in [0.3, 0.4) is 0 Å². The number of hydrogen-bond acceptors (Lipinski definition) is 4. The number of sulfonamides is 1. The molecule has 0 aliphatic rings. The van der Waals surface area contributed by atoms with Gasteiger partial charge in [-0.3, -0.25) is 0 Å². The molecule has 0 fully saturated rings. The predicted octanol–water partition coefficient (Wildman–Crippen LogP) is 2.50. The normalized spacial score (nSPS) is 11.6. The second-order valence-electron chi connectivity index (χ2n) is 3.91. The first kappa shape index (κ1) is 14.3. The van der Waals surface area contributed by atoms with Crippen molar-refractivity contribution in [1.29, 1.82) is 0 Å². The topological polar surface area (TPSA) is 72.2 Å². The van der Waals surface area contributed by atoms with Gasteiger partial charge in [0, 0.05) is 16.4 Å². The first-order chi connectivity index (χ1) is 8.99. The molecule has 2 aromatic rings. The molecule has 1 aromatic carbocycles. The molecule has 0 aliphatic carbocycles. The fourth-order valence-electron chi connectivity index (χ4n) is 1.58. The van der Waals surface area contributed by atoms with Crippen molar-refractivity contribution < 1.29 is 8.42 Å². The number of halogens is 1. The van der Waals surface area contributed by atoms with Crippen molar-refractivity contribution in [2.75, 3.05) is 12.3 Å². The minimum absolute atomic E-state index is 0.0196. The fraction of sp³-hybridized carbons (Fsp3) is 0.167. The molecule has 0 aliphatic heterocycles. The average molecular weight is 317 g/mol. The number of rotatable bonds is 5. The van der Waals surface area contributed by atoms with Crippen molar-refractivity contribution in [3.05, 3.63) is 45.6 Å². The van der Waals surface area contributed by atoms with Gasteiger partial charge in [0.05, 0.1) is 5.69 Å². The van der Waals surface area contributed by atoms with E-state index in [1.807, 2.05) is 17.5 Å². The number of nitrogens with two attached hydrogens (primary N) is 1. The molecule has 0 spiro atoms. The van der Waals surface area contributed by atoms with Crippen LogP contribution >= 0.6 is 22.9 Å². The zero-order valence-electron chi connectivity index (χ0n) is 9.97. The standard InChI is InChI=1S/C12H13ClN2O2S2/c13-9-3-4-11(14)12(8-9)19(16,17)15-6-5-10-2-1-7-18-10/h1-4,7-8,15H,5-6,14H2. The summed E-state index contributed by atoms with van der Waals surface area (Å²) in [7, 11) is -3.62. The summed E-state index contributed by atoms with van der Waals surface area (Å²) >= 11 is 7.39. The van der Waals surface area contributed by atoms with Gasteiger partial charge in [-0.05, 0) is 36.1 Å². The maximum Gasteiger partial charge on any atom is 0.242 e. The quantitative estimate of drug-likeness (QED) is 0.832. The number of thiophene rings is 1. The maximum atomic E-state index is 12.1. The van der Waals surface area contributed by atoms with Crippen LogP contribution in [0.2, 0.25) is 5.02 Å². The van der Waals surface area contributed by atoms with Gasteiger partial charge in [0.2, 0.25) is 10.0 Å². The average Bonchev–Trinajstić information content (AvgIpc) is 2.85. The summed E-state index contributed by atoms with van der Waals surface area (Å²) in [4.78, 5) is 1.15. The molecule has 0 amide bonds. The molecule has 1 aromatic heterocycles. The van der Waals surface area contributed by atoms with E-state index in [-0.39, 0.29) is 10.6 Å². The number of nitrogens with one attached hydrogen (secondary N) is 1. The number of hydrogen-bond donors (Lipinski definition) is 2. The third-order valence-corrected chi connectivity index (χ3v) is 5.20. The molecule has 0 saturated carbocycles. The molecule has 0 atom stereocenters. The highest BCUT2D eigenvalue weighted by Crippen LogP contribution is 2.22. The molecule has 2 rings (SSSR count). The van der Waals surface area contributed by atoms with Gasteiger partial charge in [0.1, 0.15) is 4.90 Å². The predicted molar refractivity (Wildman–Crippen MR) is 79.1 cm³/mol. The van der Waals surface area contributed by atoms with Crippen LogP contribution in [0.1, 0.15) is 4.88 Å². The van der Waals surface area contributed by atoms with Crippen molar-refractivity contribution in [2.24, 2.45) is 0 Å². The Morgan fingerprint density at radius 3 is 2.79 bits per heavy atom. The number of anilines is 1. The second kappa shape index (κ2) is 5.92. The Morgan fingerprint density at radius 2 is 2.11 bits per heavy atom. The Labute approximate surface area is 121 Å². The minimum atomic E-state index is -3.62. The summed E-state index contributed by atoms with van der Waals surface area (Å²) in [6, 6.07) is 8.29. The van der Waals surface area contributed by atoms with E-state index >= 15 is 0 Å². The van der Waals surface area contributed by atoms with Crippen molar-refractivity contribution in [1.82, 2.24) is 4.72 Å². The Bertz CT molecular complexity index is 654. The number of nitrogen functional groups attached to an aromatic ring is 1. The van der Waals surface area contributed by atoms with Gasteiger partial charge < -0.3 is 5.73 Å².